The quantitative estimate of drug-likeness (QED) is 0.932. The van der Waals surface area contributed by atoms with E-state index in [0.717, 1.165) is 28.9 Å². The topological polar surface area (TPSA) is 41.1 Å². The standard InChI is InChI=1S/C15H22N4S/c1-11-16-12(10-20-11)9-19(5)14-8-6-7-13(17-14)18-15(2,3)4/h6-8,10H,9H2,1-5H3,(H,17,18). The Labute approximate surface area is 124 Å². The average molecular weight is 290 g/mol. The molecule has 0 atom stereocenters. The Hall–Kier alpha value is -1.62. The van der Waals surface area contributed by atoms with Gasteiger partial charge in [-0.05, 0) is 39.8 Å². The van der Waals surface area contributed by atoms with E-state index in [1.165, 1.54) is 0 Å². The van der Waals surface area contributed by atoms with Crippen LogP contribution in [0.3, 0.4) is 0 Å². The second-order valence-corrected chi connectivity index (χ2v) is 7.03. The van der Waals surface area contributed by atoms with Crippen LogP contribution in [0, 0.1) is 6.92 Å². The smallest absolute Gasteiger partial charge is 0.131 e. The third-order valence-corrected chi connectivity index (χ3v) is 3.52. The molecule has 0 aliphatic carbocycles. The first-order valence-corrected chi connectivity index (χ1v) is 7.59. The molecule has 0 amide bonds. The summed E-state index contributed by atoms with van der Waals surface area (Å²) in [5.41, 5.74) is 1.10. The van der Waals surface area contributed by atoms with Gasteiger partial charge in [0.05, 0.1) is 17.2 Å². The van der Waals surface area contributed by atoms with Gasteiger partial charge in [0.2, 0.25) is 0 Å². The second-order valence-electron chi connectivity index (χ2n) is 5.97. The first kappa shape index (κ1) is 14.8. The molecule has 0 radical (unpaired) electrons. The highest BCUT2D eigenvalue weighted by Gasteiger charge is 2.11. The Morgan fingerprint density at radius 3 is 2.60 bits per heavy atom. The lowest BCUT2D eigenvalue weighted by molar-refractivity contribution is 0.630. The summed E-state index contributed by atoms with van der Waals surface area (Å²) in [6, 6.07) is 6.04. The van der Waals surface area contributed by atoms with Crippen molar-refractivity contribution in [1.82, 2.24) is 9.97 Å². The number of anilines is 2. The Kier molecular flexibility index (Phi) is 4.28. The van der Waals surface area contributed by atoms with Crippen LogP contribution in [0.4, 0.5) is 11.6 Å². The van der Waals surface area contributed by atoms with Crippen molar-refractivity contribution in [2.24, 2.45) is 0 Å². The van der Waals surface area contributed by atoms with E-state index in [1.807, 2.05) is 32.2 Å². The number of aryl methyl sites for hydroxylation is 1. The van der Waals surface area contributed by atoms with Crippen molar-refractivity contribution in [3.8, 4) is 0 Å². The van der Waals surface area contributed by atoms with Gasteiger partial charge in [-0.1, -0.05) is 6.07 Å². The van der Waals surface area contributed by atoms with Gasteiger partial charge in [0.1, 0.15) is 11.6 Å². The predicted octanol–water partition coefficient (Wildman–Crippen LogP) is 3.69. The molecular weight excluding hydrogens is 268 g/mol. The summed E-state index contributed by atoms with van der Waals surface area (Å²) in [5.74, 6) is 1.85. The molecule has 1 N–H and O–H groups in total. The zero-order valence-electron chi connectivity index (χ0n) is 12.8. The molecule has 20 heavy (non-hydrogen) atoms. The van der Waals surface area contributed by atoms with Crippen LogP contribution in [-0.4, -0.2) is 22.6 Å². The molecule has 0 aromatic carbocycles. The summed E-state index contributed by atoms with van der Waals surface area (Å²) in [6.45, 7) is 9.19. The summed E-state index contributed by atoms with van der Waals surface area (Å²) in [5, 5.41) is 6.59. The van der Waals surface area contributed by atoms with E-state index >= 15 is 0 Å². The van der Waals surface area contributed by atoms with Gasteiger partial charge in [0, 0.05) is 18.0 Å². The van der Waals surface area contributed by atoms with Crippen LogP contribution in [0.1, 0.15) is 31.5 Å². The molecule has 2 aromatic rings. The maximum absolute atomic E-state index is 4.65. The van der Waals surface area contributed by atoms with Crippen LogP contribution in [0.2, 0.25) is 0 Å². The summed E-state index contributed by atoms with van der Waals surface area (Å²) < 4.78 is 0. The number of pyridine rings is 1. The summed E-state index contributed by atoms with van der Waals surface area (Å²) >= 11 is 1.68. The molecule has 0 bridgehead atoms. The lowest BCUT2D eigenvalue weighted by Crippen LogP contribution is -2.27. The van der Waals surface area contributed by atoms with Crippen LogP contribution in [0.5, 0.6) is 0 Å². The van der Waals surface area contributed by atoms with Crippen LogP contribution >= 0.6 is 11.3 Å². The predicted molar refractivity (Wildman–Crippen MR) is 86.6 cm³/mol. The largest absolute Gasteiger partial charge is 0.365 e. The van der Waals surface area contributed by atoms with Gasteiger partial charge >= 0.3 is 0 Å². The summed E-state index contributed by atoms with van der Waals surface area (Å²) in [7, 11) is 2.04. The first-order valence-electron chi connectivity index (χ1n) is 6.71. The lowest BCUT2D eigenvalue weighted by Gasteiger charge is -2.23. The van der Waals surface area contributed by atoms with Crippen molar-refractivity contribution in [3.63, 3.8) is 0 Å². The third kappa shape index (κ3) is 4.20. The third-order valence-electron chi connectivity index (χ3n) is 2.69. The van der Waals surface area contributed by atoms with Crippen LogP contribution < -0.4 is 10.2 Å². The second kappa shape index (κ2) is 5.79. The molecule has 0 saturated carbocycles. The van der Waals surface area contributed by atoms with E-state index in [1.54, 1.807) is 11.3 Å². The Morgan fingerprint density at radius 1 is 1.25 bits per heavy atom. The van der Waals surface area contributed by atoms with Gasteiger partial charge in [-0.15, -0.1) is 11.3 Å². The van der Waals surface area contributed by atoms with Gasteiger partial charge in [0.15, 0.2) is 0 Å². The van der Waals surface area contributed by atoms with Gasteiger partial charge < -0.3 is 10.2 Å². The Morgan fingerprint density at radius 2 is 2.00 bits per heavy atom. The molecule has 108 valence electrons. The van der Waals surface area contributed by atoms with E-state index in [4.69, 9.17) is 0 Å². The zero-order chi connectivity index (χ0) is 14.8. The molecule has 2 aromatic heterocycles. The number of thiazole rings is 1. The van der Waals surface area contributed by atoms with Crippen molar-refractivity contribution in [1.29, 1.82) is 0 Å². The van der Waals surface area contributed by atoms with Gasteiger partial charge in [-0.25, -0.2) is 9.97 Å². The molecule has 0 spiro atoms. The van der Waals surface area contributed by atoms with Crippen molar-refractivity contribution < 1.29 is 0 Å². The Bertz CT molecular complexity index is 571. The molecule has 2 heterocycles. The number of hydrogen-bond acceptors (Lipinski definition) is 5. The van der Waals surface area contributed by atoms with Gasteiger partial charge in [0.25, 0.3) is 0 Å². The molecule has 2 rings (SSSR count). The van der Waals surface area contributed by atoms with Crippen LogP contribution in [-0.2, 0) is 6.54 Å². The van der Waals surface area contributed by atoms with Crippen LogP contribution in [0.15, 0.2) is 23.6 Å². The molecular formula is C15H22N4S. The number of nitrogens with zero attached hydrogens (tertiary/aromatic N) is 3. The molecule has 0 aliphatic rings. The fourth-order valence-electron chi connectivity index (χ4n) is 1.89. The monoisotopic (exact) mass is 290 g/mol. The van der Waals surface area contributed by atoms with E-state index in [0.29, 0.717) is 0 Å². The minimum Gasteiger partial charge on any atom is -0.365 e. The minimum absolute atomic E-state index is 0.0101. The molecule has 0 fully saturated rings. The van der Waals surface area contributed by atoms with E-state index in [-0.39, 0.29) is 5.54 Å². The van der Waals surface area contributed by atoms with Gasteiger partial charge in [-0.2, -0.15) is 0 Å². The Balaban J connectivity index is 2.10. The van der Waals surface area contributed by atoms with Gasteiger partial charge in [-0.3, -0.25) is 0 Å². The van der Waals surface area contributed by atoms with Crippen molar-refractivity contribution in [2.45, 2.75) is 39.8 Å². The summed E-state index contributed by atoms with van der Waals surface area (Å²) in [4.78, 5) is 11.3. The number of hydrogen-bond donors (Lipinski definition) is 1. The van der Waals surface area contributed by atoms with E-state index in [9.17, 15) is 0 Å². The molecule has 0 aliphatic heterocycles. The number of nitrogens with one attached hydrogen (secondary N) is 1. The normalized spacial score (nSPS) is 11.4. The maximum Gasteiger partial charge on any atom is 0.131 e. The average Bonchev–Trinajstić information content (AvgIpc) is 2.73. The zero-order valence-corrected chi connectivity index (χ0v) is 13.6. The van der Waals surface area contributed by atoms with Crippen molar-refractivity contribution in [3.05, 3.63) is 34.3 Å². The lowest BCUT2D eigenvalue weighted by atomic mass is 10.1. The highest BCUT2D eigenvalue weighted by molar-refractivity contribution is 7.09. The van der Waals surface area contributed by atoms with Crippen LogP contribution in [0.25, 0.3) is 0 Å². The first-order chi connectivity index (χ1) is 9.33. The minimum atomic E-state index is 0.0101. The fourth-order valence-corrected chi connectivity index (χ4v) is 2.50. The fraction of sp³-hybridized carbons (Fsp3) is 0.467. The van der Waals surface area contributed by atoms with Crippen molar-refractivity contribution >= 4 is 23.0 Å². The van der Waals surface area contributed by atoms with Crippen molar-refractivity contribution in [2.75, 3.05) is 17.3 Å². The van der Waals surface area contributed by atoms with E-state index < -0.39 is 0 Å². The number of rotatable bonds is 4. The highest BCUT2D eigenvalue weighted by atomic mass is 32.1. The molecule has 4 nitrogen and oxygen atoms in total. The highest BCUT2D eigenvalue weighted by Crippen LogP contribution is 2.18. The number of aromatic nitrogens is 2. The maximum atomic E-state index is 4.65. The summed E-state index contributed by atoms with van der Waals surface area (Å²) in [6.07, 6.45) is 0. The molecule has 0 saturated heterocycles. The SMILES string of the molecule is Cc1nc(CN(C)c2cccc(NC(C)(C)C)n2)cs1. The molecule has 0 unspecified atom stereocenters. The van der Waals surface area contributed by atoms with E-state index in [2.05, 4.69) is 46.3 Å². The molecule has 5 heteroatoms.